The lowest BCUT2D eigenvalue weighted by Gasteiger charge is -2.16. The zero-order chi connectivity index (χ0) is 19.4. The quantitative estimate of drug-likeness (QED) is 0.318. The molecule has 0 saturated carbocycles. The molecule has 0 spiro atoms. The maximum atomic E-state index is 12.7. The van der Waals surface area contributed by atoms with E-state index in [1.807, 2.05) is 0 Å². The zero-order valence-corrected chi connectivity index (χ0v) is 14.5. The van der Waals surface area contributed by atoms with E-state index in [1.54, 1.807) is 24.3 Å². The first-order valence-electron chi connectivity index (χ1n) is 8.22. The Morgan fingerprint density at radius 3 is 2.63 bits per heavy atom. The molecule has 1 unspecified atom stereocenters. The summed E-state index contributed by atoms with van der Waals surface area (Å²) in [4.78, 5) is 35.2. The van der Waals surface area contributed by atoms with Gasteiger partial charge in [-0.05, 0) is 23.8 Å². The molecule has 2 aromatic carbocycles. The minimum absolute atomic E-state index is 0.0121. The fourth-order valence-corrected chi connectivity index (χ4v) is 2.96. The van der Waals surface area contributed by atoms with Gasteiger partial charge in [0.05, 0.1) is 24.0 Å². The van der Waals surface area contributed by atoms with Gasteiger partial charge in [-0.2, -0.15) is 0 Å². The smallest absolute Gasteiger partial charge is 0.306 e. The number of methoxy groups -OCH3 is 1. The second kappa shape index (κ2) is 7.86. The summed E-state index contributed by atoms with van der Waals surface area (Å²) in [5.41, 5.74) is 0.444. The highest BCUT2D eigenvalue weighted by molar-refractivity contribution is 6.00. The first-order valence-corrected chi connectivity index (χ1v) is 8.22. The highest BCUT2D eigenvalue weighted by Crippen LogP contribution is 2.37. The number of carbonyl (C=O) groups is 2. The van der Waals surface area contributed by atoms with Crippen molar-refractivity contribution in [2.24, 2.45) is 0 Å². The molecule has 2 aromatic rings. The number of hydrogen-bond donors (Lipinski definition) is 0. The van der Waals surface area contributed by atoms with Gasteiger partial charge in [-0.3, -0.25) is 19.7 Å². The van der Waals surface area contributed by atoms with E-state index in [-0.39, 0.29) is 30.9 Å². The minimum Gasteiger partial charge on any atom is -0.469 e. The summed E-state index contributed by atoms with van der Waals surface area (Å²) in [5.74, 6) is -0.303. The summed E-state index contributed by atoms with van der Waals surface area (Å²) in [7, 11) is 1.27. The maximum Gasteiger partial charge on any atom is 0.306 e. The van der Waals surface area contributed by atoms with Gasteiger partial charge in [-0.15, -0.1) is 0 Å². The second-order valence-electron chi connectivity index (χ2n) is 5.99. The highest BCUT2D eigenvalue weighted by Gasteiger charge is 2.26. The summed E-state index contributed by atoms with van der Waals surface area (Å²) >= 11 is 0. The third-order valence-corrected chi connectivity index (χ3v) is 4.34. The number of rotatable bonds is 7. The molecule has 8 heteroatoms. The number of ketones is 1. The van der Waals surface area contributed by atoms with Crippen molar-refractivity contribution in [3.8, 4) is 11.5 Å². The Bertz CT molecular complexity index is 893. The molecule has 0 N–H and O–H groups in total. The van der Waals surface area contributed by atoms with Crippen molar-refractivity contribution in [1.29, 1.82) is 0 Å². The van der Waals surface area contributed by atoms with Gasteiger partial charge in [0, 0.05) is 18.4 Å². The third kappa shape index (κ3) is 4.05. The van der Waals surface area contributed by atoms with Gasteiger partial charge in [0.1, 0.15) is 0 Å². The van der Waals surface area contributed by atoms with Gasteiger partial charge in [0.15, 0.2) is 17.3 Å². The van der Waals surface area contributed by atoms with Gasteiger partial charge in [0.25, 0.3) is 5.69 Å². The van der Waals surface area contributed by atoms with Crippen LogP contribution in [-0.2, 0) is 9.53 Å². The molecule has 1 aliphatic rings. The van der Waals surface area contributed by atoms with E-state index in [4.69, 9.17) is 14.2 Å². The topological polar surface area (TPSA) is 105 Å². The van der Waals surface area contributed by atoms with E-state index in [0.717, 1.165) is 0 Å². The van der Waals surface area contributed by atoms with Crippen LogP contribution in [0.2, 0.25) is 0 Å². The number of fused-ring (bicyclic) bond motifs is 1. The first-order chi connectivity index (χ1) is 13.0. The standard InChI is InChI=1S/C19H17NO7/c1-25-19(22)10-13(12-6-7-17-18(9-12)27-11-26-17)8-16(21)14-4-2-3-5-15(14)20(23)24/h2-7,9,13H,8,10-11H2,1H3. The molecule has 1 aliphatic heterocycles. The van der Waals surface area contributed by atoms with Crippen LogP contribution in [0.3, 0.4) is 0 Å². The number of ether oxygens (including phenoxy) is 3. The van der Waals surface area contributed by atoms with E-state index in [2.05, 4.69) is 0 Å². The molecule has 0 amide bonds. The lowest BCUT2D eigenvalue weighted by molar-refractivity contribution is -0.385. The number of hydrogen-bond acceptors (Lipinski definition) is 7. The van der Waals surface area contributed by atoms with Crippen LogP contribution in [0.15, 0.2) is 42.5 Å². The van der Waals surface area contributed by atoms with Crippen LogP contribution in [0.5, 0.6) is 11.5 Å². The molecule has 0 aromatic heterocycles. The Morgan fingerprint density at radius 2 is 1.89 bits per heavy atom. The monoisotopic (exact) mass is 371 g/mol. The lowest BCUT2D eigenvalue weighted by Crippen LogP contribution is -2.14. The Labute approximate surface area is 154 Å². The predicted octanol–water partition coefficient (Wildman–Crippen LogP) is 3.24. The van der Waals surface area contributed by atoms with Gasteiger partial charge in [-0.1, -0.05) is 18.2 Å². The van der Waals surface area contributed by atoms with Crippen molar-refractivity contribution in [1.82, 2.24) is 0 Å². The van der Waals surface area contributed by atoms with Crippen LogP contribution >= 0.6 is 0 Å². The molecule has 1 atom stereocenters. The largest absolute Gasteiger partial charge is 0.469 e. The van der Waals surface area contributed by atoms with E-state index >= 15 is 0 Å². The van der Waals surface area contributed by atoms with Crippen LogP contribution in [0.4, 0.5) is 5.69 Å². The van der Waals surface area contributed by atoms with Crippen molar-refractivity contribution in [3.63, 3.8) is 0 Å². The number of esters is 1. The van der Waals surface area contributed by atoms with Crippen LogP contribution in [0.1, 0.15) is 34.7 Å². The Balaban J connectivity index is 1.89. The molecule has 140 valence electrons. The molecule has 1 heterocycles. The van der Waals surface area contributed by atoms with Gasteiger partial charge >= 0.3 is 5.97 Å². The zero-order valence-electron chi connectivity index (χ0n) is 14.5. The number of nitrogens with zero attached hydrogens (tertiary/aromatic N) is 1. The SMILES string of the molecule is COC(=O)CC(CC(=O)c1ccccc1[N+](=O)[O-])c1ccc2c(c1)OCO2. The maximum absolute atomic E-state index is 12.7. The molecule has 0 bridgehead atoms. The van der Waals surface area contributed by atoms with Crippen molar-refractivity contribution >= 4 is 17.4 Å². The number of carbonyl (C=O) groups excluding carboxylic acids is 2. The van der Waals surface area contributed by atoms with Crippen molar-refractivity contribution in [2.45, 2.75) is 18.8 Å². The molecule has 27 heavy (non-hydrogen) atoms. The summed E-state index contributed by atoms with van der Waals surface area (Å²) in [6.45, 7) is 0.107. The Morgan fingerprint density at radius 1 is 1.15 bits per heavy atom. The van der Waals surface area contributed by atoms with Crippen molar-refractivity contribution < 1.29 is 28.7 Å². The Hall–Kier alpha value is -3.42. The summed E-state index contributed by atoms with van der Waals surface area (Å²) in [6, 6.07) is 10.9. The molecule has 0 radical (unpaired) electrons. The van der Waals surface area contributed by atoms with Crippen molar-refractivity contribution in [3.05, 3.63) is 63.7 Å². The number of Topliss-reactive ketones (excluding diaryl/α,β-unsaturated/α-hetero) is 1. The van der Waals surface area contributed by atoms with Crippen LogP contribution in [0, 0.1) is 10.1 Å². The molecule has 3 rings (SSSR count). The molecule has 0 saturated heterocycles. The fraction of sp³-hybridized carbons (Fsp3) is 0.263. The Kier molecular flexibility index (Phi) is 5.35. The van der Waals surface area contributed by atoms with Crippen molar-refractivity contribution in [2.75, 3.05) is 13.9 Å². The first kappa shape index (κ1) is 18.4. The molecule has 8 nitrogen and oxygen atoms in total. The molecular weight excluding hydrogens is 354 g/mol. The second-order valence-corrected chi connectivity index (χ2v) is 5.99. The number of nitro groups is 1. The number of nitro benzene ring substituents is 1. The van der Waals surface area contributed by atoms with E-state index in [1.165, 1.54) is 25.3 Å². The average Bonchev–Trinajstić information content (AvgIpc) is 3.14. The minimum atomic E-state index is -0.594. The predicted molar refractivity (Wildman–Crippen MR) is 94.0 cm³/mol. The highest BCUT2D eigenvalue weighted by atomic mass is 16.7. The summed E-state index contributed by atoms with van der Waals surface area (Å²) < 4.78 is 15.3. The fourth-order valence-electron chi connectivity index (χ4n) is 2.96. The van der Waals surface area contributed by atoms with Crippen LogP contribution in [-0.4, -0.2) is 30.6 Å². The van der Waals surface area contributed by atoms with Gasteiger partial charge in [-0.25, -0.2) is 0 Å². The summed E-state index contributed by atoms with van der Waals surface area (Å²) in [6.07, 6.45) is -0.123. The summed E-state index contributed by atoms with van der Waals surface area (Å²) in [5, 5.41) is 11.2. The average molecular weight is 371 g/mol. The van der Waals surface area contributed by atoms with Crippen LogP contribution < -0.4 is 9.47 Å². The van der Waals surface area contributed by atoms with Gasteiger partial charge in [0.2, 0.25) is 6.79 Å². The number of para-hydroxylation sites is 1. The lowest BCUT2D eigenvalue weighted by atomic mass is 9.88. The molecule has 0 aliphatic carbocycles. The van der Waals surface area contributed by atoms with E-state index in [0.29, 0.717) is 17.1 Å². The van der Waals surface area contributed by atoms with E-state index in [9.17, 15) is 19.7 Å². The van der Waals surface area contributed by atoms with Crippen LogP contribution in [0.25, 0.3) is 0 Å². The van der Waals surface area contributed by atoms with Gasteiger partial charge < -0.3 is 14.2 Å². The van der Waals surface area contributed by atoms with E-state index < -0.39 is 22.6 Å². The normalized spacial score (nSPS) is 13.1. The molecule has 0 fully saturated rings. The molecular formula is C19H17NO7. The third-order valence-electron chi connectivity index (χ3n) is 4.34. The number of benzene rings is 2.